The third kappa shape index (κ3) is 5.09. The van der Waals surface area contributed by atoms with E-state index in [0.29, 0.717) is 5.92 Å². The molecule has 1 atom stereocenters. The Hall–Kier alpha value is -1.59. The Morgan fingerprint density at radius 1 is 1.13 bits per heavy atom. The van der Waals surface area contributed by atoms with Crippen LogP contribution >= 0.6 is 23.1 Å². The van der Waals surface area contributed by atoms with E-state index in [9.17, 15) is 4.79 Å². The Labute approximate surface area is 194 Å². The molecule has 0 saturated heterocycles. The third-order valence-corrected chi connectivity index (χ3v) is 8.49. The molecule has 0 saturated carbocycles. The van der Waals surface area contributed by atoms with E-state index in [-0.39, 0.29) is 5.56 Å². The number of fused-ring (bicyclic) bond motifs is 3. The van der Waals surface area contributed by atoms with E-state index >= 15 is 0 Å². The molecule has 1 aliphatic carbocycles. The van der Waals surface area contributed by atoms with Crippen LogP contribution in [-0.2, 0) is 12.8 Å². The summed E-state index contributed by atoms with van der Waals surface area (Å²) in [7, 11) is 0. The third-order valence-electron chi connectivity index (χ3n) is 6.32. The van der Waals surface area contributed by atoms with Gasteiger partial charge in [-0.1, -0.05) is 75.4 Å². The monoisotopic (exact) mass is 454 g/mol. The number of rotatable bonds is 9. The summed E-state index contributed by atoms with van der Waals surface area (Å²) in [5.41, 5.74) is 3.52. The van der Waals surface area contributed by atoms with Crippen LogP contribution < -0.4 is 5.56 Å². The molecule has 1 aromatic carbocycles. The van der Waals surface area contributed by atoms with Gasteiger partial charge in [0.05, 0.1) is 11.1 Å². The van der Waals surface area contributed by atoms with Gasteiger partial charge in [-0.05, 0) is 56.2 Å². The van der Waals surface area contributed by atoms with Crippen LogP contribution in [0.25, 0.3) is 15.9 Å². The molecule has 0 amide bonds. The van der Waals surface area contributed by atoms with Gasteiger partial charge in [-0.15, -0.1) is 11.3 Å². The highest BCUT2D eigenvalue weighted by Crippen LogP contribution is 2.37. The van der Waals surface area contributed by atoms with Crippen molar-refractivity contribution in [1.29, 1.82) is 0 Å². The van der Waals surface area contributed by atoms with E-state index in [2.05, 4.69) is 45.0 Å². The van der Waals surface area contributed by atoms with Crippen LogP contribution in [0, 0.1) is 12.8 Å². The van der Waals surface area contributed by atoms with Gasteiger partial charge in [0.2, 0.25) is 0 Å². The lowest BCUT2D eigenvalue weighted by molar-refractivity contribution is 0.509. The van der Waals surface area contributed by atoms with Crippen molar-refractivity contribution < 1.29 is 0 Å². The van der Waals surface area contributed by atoms with Crippen molar-refractivity contribution in [1.82, 2.24) is 9.55 Å². The Morgan fingerprint density at radius 3 is 2.65 bits per heavy atom. The second-order valence-electron chi connectivity index (χ2n) is 9.02. The van der Waals surface area contributed by atoms with E-state index in [1.54, 1.807) is 23.1 Å². The summed E-state index contributed by atoms with van der Waals surface area (Å²) < 4.78 is 1.87. The van der Waals surface area contributed by atoms with Crippen molar-refractivity contribution in [2.75, 3.05) is 5.75 Å². The zero-order chi connectivity index (χ0) is 21.8. The zero-order valence-electron chi connectivity index (χ0n) is 19.1. The van der Waals surface area contributed by atoms with E-state index < -0.39 is 0 Å². The molecule has 4 rings (SSSR count). The molecule has 3 aromatic rings. The highest BCUT2D eigenvalue weighted by Gasteiger charge is 2.25. The van der Waals surface area contributed by atoms with Crippen LogP contribution in [0.4, 0.5) is 0 Å². The predicted molar refractivity (Wildman–Crippen MR) is 135 cm³/mol. The molecule has 5 heteroatoms. The van der Waals surface area contributed by atoms with Gasteiger partial charge in [-0.2, -0.15) is 0 Å². The van der Waals surface area contributed by atoms with Crippen molar-refractivity contribution in [3.05, 3.63) is 50.6 Å². The molecular formula is C26H34N2OS2. The van der Waals surface area contributed by atoms with Crippen LogP contribution in [0.3, 0.4) is 0 Å². The topological polar surface area (TPSA) is 34.9 Å². The SMILES string of the molecule is CCCCCCCCSc1nc2sc3c(c2c(=O)n1-c1ccc(C)cc1)CCC(C)C3. The molecule has 1 unspecified atom stereocenters. The van der Waals surface area contributed by atoms with Crippen LogP contribution in [-0.4, -0.2) is 15.3 Å². The van der Waals surface area contributed by atoms with Gasteiger partial charge in [0.15, 0.2) is 5.16 Å². The molecular weight excluding hydrogens is 420 g/mol. The standard InChI is InChI=1S/C26H34N2OS2/c1-4-5-6-7-8-9-16-30-26-27-24-23(21-15-12-19(3)17-22(21)31-24)25(29)28(26)20-13-10-18(2)11-14-20/h10-11,13-14,19H,4-9,12,15-17H2,1-3H3. The minimum absolute atomic E-state index is 0.117. The number of benzene rings is 1. The molecule has 2 aromatic heterocycles. The van der Waals surface area contributed by atoms with Gasteiger partial charge in [-0.25, -0.2) is 4.98 Å². The largest absolute Gasteiger partial charge is 0.268 e. The van der Waals surface area contributed by atoms with E-state index in [1.807, 2.05) is 4.57 Å². The van der Waals surface area contributed by atoms with E-state index in [4.69, 9.17) is 4.98 Å². The van der Waals surface area contributed by atoms with Crippen molar-refractivity contribution >= 4 is 33.3 Å². The van der Waals surface area contributed by atoms with Crippen LogP contribution in [0.1, 0.15) is 74.8 Å². The van der Waals surface area contributed by atoms with Crippen molar-refractivity contribution in [2.45, 2.75) is 83.7 Å². The smallest absolute Gasteiger partial charge is 0.267 e. The summed E-state index contributed by atoms with van der Waals surface area (Å²) in [4.78, 5) is 21.2. The molecule has 0 spiro atoms. The fraction of sp³-hybridized carbons (Fsp3) is 0.538. The van der Waals surface area contributed by atoms with Gasteiger partial charge < -0.3 is 0 Å². The lowest BCUT2D eigenvalue weighted by Crippen LogP contribution is -2.22. The van der Waals surface area contributed by atoms with E-state index in [0.717, 1.165) is 46.1 Å². The quantitative estimate of drug-likeness (QED) is 0.193. The van der Waals surface area contributed by atoms with Gasteiger partial charge >= 0.3 is 0 Å². The lowest BCUT2D eigenvalue weighted by Gasteiger charge is -2.18. The Morgan fingerprint density at radius 2 is 1.87 bits per heavy atom. The molecule has 31 heavy (non-hydrogen) atoms. The Bertz CT molecular complexity index is 1080. The second kappa shape index (κ2) is 10.4. The molecule has 0 aliphatic heterocycles. The highest BCUT2D eigenvalue weighted by atomic mass is 32.2. The Kier molecular flexibility index (Phi) is 7.55. The summed E-state index contributed by atoms with van der Waals surface area (Å²) in [5.74, 6) is 1.71. The van der Waals surface area contributed by atoms with Crippen molar-refractivity contribution in [3.63, 3.8) is 0 Å². The number of unbranched alkanes of at least 4 members (excludes halogenated alkanes) is 5. The second-order valence-corrected chi connectivity index (χ2v) is 11.2. The minimum atomic E-state index is 0.117. The normalized spacial score (nSPS) is 16.0. The summed E-state index contributed by atoms with van der Waals surface area (Å²) in [6.45, 7) is 6.65. The van der Waals surface area contributed by atoms with Crippen molar-refractivity contribution in [3.8, 4) is 5.69 Å². The molecule has 0 bridgehead atoms. The highest BCUT2D eigenvalue weighted by molar-refractivity contribution is 7.99. The number of hydrogen-bond donors (Lipinski definition) is 0. The fourth-order valence-electron chi connectivity index (χ4n) is 4.44. The first kappa shape index (κ1) is 22.6. The van der Waals surface area contributed by atoms with Gasteiger partial charge in [0.25, 0.3) is 5.56 Å². The number of thiophene rings is 1. The van der Waals surface area contributed by atoms with Gasteiger partial charge in [-0.3, -0.25) is 9.36 Å². The molecule has 166 valence electrons. The molecule has 2 heterocycles. The first-order valence-corrected chi connectivity index (χ1v) is 13.7. The average Bonchev–Trinajstić information content (AvgIpc) is 3.11. The maximum atomic E-state index is 13.8. The minimum Gasteiger partial charge on any atom is -0.268 e. The first-order valence-electron chi connectivity index (χ1n) is 11.9. The molecule has 0 fully saturated rings. The average molecular weight is 455 g/mol. The fourth-order valence-corrected chi connectivity index (χ4v) is 6.87. The van der Waals surface area contributed by atoms with Crippen molar-refractivity contribution in [2.24, 2.45) is 5.92 Å². The summed E-state index contributed by atoms with van der Waals surface area (Å²) >= 11 is 3.50. The number of aryl methyl sites for hydroxylation is 2. The number of hydrogen-bond acceptors (Lipinski definition) is 4. The molecule has 1 aliphatic rings. The maximum Gasteiger partial charge on any atom is 0.267 e. The maximum absolute atomic E-state index is 13.8. The number of nitrogens with zero attached hydrogens (tertiary/aromatic N) is 2. The van der Waals surface area contributed by atoms with Crippen LogP contribution in [0.2, 0.25) is 0 Å². The summed E-state index contributed by atoms with van der Waals surface area (Å²) in [5, 5.41) is 1.72. The summed E-state index contributed by atoms with van der Waals surface area (Å²) in [6.07, 6.45) is 10.9. The molecule has 0 radical (unpaired) electrons. The number of thioether (sulfide) groups is 1. The van der Waals surface area contributed by atoms with Gasteiger partial charge in [0.1, 0.15) is 4.83 Å². The number of aromatic nitrogens is 2. The van der Waals surface area contributed by atoms with E-state index in [1.165, 1.54) is 54.5 Å². The van der Waals surface area contributed by atoms with Gasteiger partial charge in [0, 0.05) is 10.6 Å². The zero-order valence-corrected chi connectivity index (χ0v) is 20.7. The van der Waals surface area contributed by atoms with Crippen LogP contribution in [0.5, 0.6) is 0 Å². The molecule has 0 N–H and O–H groups in total. The summed E-state index contributed by atoms with van der Waals surface area (Å²) in [6, 6.07) is 8.28. The lowest BCUT2D eigenvalue weighted by atomic mass is 9.89. The van der Waals surface area contributed by atoms with Crippen LogP contribution in [0.15, 0.2) is 34.2 Å². The first-order chi connectivity index (χ1) is 15.1. The Balaban J connectivity index is 1.67. The predicted octanol–water partition coefficient (Wildman–Crippen LogP) is 7.33. The molecule has 3 nitrogen and oxygen atoms in total.